The molecule has 1 aromatic carbocycles. The number of phenolic OH excluding ortho intramolecular Hbond substituents is 1. The number of rotatable bonds is 16. The number of aromatic hydroxyl groups is 1. The highest BCUT2D eigenvalue weighted by atomic mass is 16.5. The fraction of sp³-hybridized carbons (Fsp3) is 0.638. The van der Waals surface area contributed by atoms with E-state index in [1.165, 1.54) is 42.1 Å². The number of carbonyl (C=O) groups is 9. The lowest BCUT2D eigenvalue weighted by atomic mass is 9.93. The fourth-order valence-corrected chi connectivity index (χ4v) is 7.68. The van der Waals surface area contributed by atoms with E-state index in [0.717, 1.165) is 0 Å². The van der Waals surface area contributed by atoms with Gasteiger partial charge in [0.1, 0.15) is 54.1 Å². The van der Waals surface area contributed by atoms with Crippen molar-refractivity contribution in [1.82, 2.24) is 36.4 Å². The maximum absolute atomic E-state index is 14.8. The standard InChI is InChI=1S/C47H72N8O11/c1-11-26(6)37-47(65)66-29(9)38(53-41(59)32(20-21-36(48)57)49-40(58)28(8)13-3)44(62)51-34(23-25(4)5)42(60)50-33-15-14-22-55(45(33)63)39(27(7)12-2)46(64)54(10)35(43(61)52-37)24-30-16-18-31(56)19-17-30/h14,16-19,22,25-29,32-35,37-39,56H,11-13,15,20-21,23-24H2,1-10H3,(H2,48,57)(H,49,58)(H,50,60)(H,51,62)(H,52,61)(H,53,59)/t26-,27-,28?,29+,32-,33?,34-,35-,37-,38-,39+/m0/s1. The van der Waals surface area contributed by atoms with Gasteiger partial charge in [0.2, 0.25) is 47.3 Å². The van der Waals surface area contributed by atoms with E-state index in [-0.39, 0.29) is 43.8 Å². The van der Waals surface area contributed by atoms with Crippen LogP contribution in [-0.4, -0.2) is 124 Å². The first-order valence-corrected chi connectivity index (χ1v) is 23.1. The number of nitrogens with one attached hydrogen (secondary N) is 5. The molecule has 2 aliphatic rings. The molecule has 19 heteroatoms. The molecular weight excluding hydrogens is 853 g/mol. The number of cyclic esters (lactones) is 1. The van der Waals surface area contributed by atoms with E-state index >= 15 is 0 Å². The molecule has 2 heterocycles. The van der Waals surface area contributed by atoms with Crippen LogP contribution in [0.25, 0.3) is 0 Å². The summed E-state index contributed by atoms with van der Waals surface area (Å²) in [6.45, 7) is 15.5. The molecule has 3 rings (SSSR count). The second kappa shape index (κ2) is 25.0. The van der Waals surface area contributed by atoms with Crippen molar-refractivity contribution in [3.8, 4) is 5.75 Å². The van der Waals surface area contributed by atoms with Gasteiger partial charge in [0.05, 0.1) is 0 Å². The highest BCUT2D eigenvalue weighted by Gasteiger charge is 2.44. The number of nitrogens with two attached hydrogens (primary N) is 1. The number of amides is 8. The molecule has 0 spiro atoms. The maximum atomic E-state index is 14.8. The zero-order valence-electron chi connectivity index (χ0n) is 40.1. The van der Waals surface area contributed by atoms with Crippen LogP contribution < -0.4 is 32.3 Å². The number of esters is 1. The monoisotopic (exact) mass is 925 g/mol. The molecule has 8 amide bonds. The molecule has 8 N–H and O–H groups in total. The minimum Gasteiger partial charge on any atom is -0.508 e. The summed E-state index contributed by atoms with van der Waals surface area (Å²) < 4.78 is 5.93. The average molecular weight is 925 g/mol. The van der Waals surface area contributed by atoms with E-state index < -0.39 is 119 Å². The van der Waals surface area contributed by atoms with Gasteiger partial charge in [-0.05, 0) is 68.1 Å². The van der Waals surface area contributed by atoms with Gasteiger partial charge < -0.3 is 52.0 Å². The first-order valence-electron chi connectivity index (χ1n) is 23.1. The number of primary amides is 1. The normalized spacial score (nSPS) is 25.5. The number of ether oxygens (including phenoxy) is 1. The Morgan fingerprint density at radius 1 is 0.848 bits per heavy atom. The lowest BCUT2D eigenvalue weighted by molar-refractivity contribution is -0.158. The predicted molar refractivity (Wildman–Crippen MR) is 244 cm³/mol. The Morgan fingerprint density at radius 3 is 2.06 bits per heavy atom. The van der Waals surface area contributed by atoms with E-state index in [2.05, 4.69) is 26.6 Å². The third-order valence-corrected chi connectivity index (χ3v) is 12.6. The Labute approximate surface area is 388 Å². The van der Waals surface area contributed by atoms with E-state index in [1.807, 2.05) is 20.8 Å². The fourth-order valence-electron chi connectivity index (χ4n) is 7.68. The minimum atomic E-state index is -1.71. The number of nitrogens with zero attached hydrogens (tertiary/aromatic N) is 2. The molecule has 2 bridgehead atoms. The first kappa shape index (κ1) is 54.3. The van der Waals surface area contributed by atoms with Gasteiger partial charge in [-0.15, -0.1) is 0 Å². The third kappa shape index (κ3) is 14.8. The van der Waals surface area contributed by atoms with E-state index in [0.29, 0.717) is 24.8 Å². The summed E-state index contributed by atoms with van der Waals surface area (Å²) in [7, 11) is 1.43. The summed E-state index contributed by atoms with van der Waals surface area (Å²) in [6.07, 6.45) is 2.43. The SMILES string of the molecule is CCC(C)C(=O)N[C@@H](CCC(N)=O)C(=O)N[C@@H]1C(=O)N[C@@H](CC(C)C)C(=O)NC2CC=CN(C2=O)[C@H]([C@@H](C)CC)C(=O)N(C)[C@@H](Cc2ccc(O)cc2)C(=O)N[C@@H]([C@@H](C)CC)C(=O)O[C@@H]1C. The van der Waals surface area contributed by atoms with Gasteiger partial charge in [-0.3, -0.25) is 38.4 Å². The molecule has 366 valence electrons. The lowest BCUT2D eigenvalue weighted by Crippen LogP contribution is -2.62. The molecule has 1 saturated heterocycles. The summed E-state index contributed by atoms with van der Waals surface area (Å²) in [5.41, 5.74) is 5.97. The predicted octanol–water partition coefficient (Wildman–Crippen LogP) is 1.70. The third-order valence-electron chi connectivity index (χ3n) is 12.6. The van der Waals surface area contributed by atoms with Gasteiger partial charge in [-0.25, -0.2) is 4.79 Å². The quantitative estimate of drug-likeness (QED) is 0.117. The maximum Gasteiger partial charge on any atom is 0.329 e. The van der Waals surface area contributed by atoms with Crippen LogP contribution in [0, 0.1) is 23.7 Å². The van der Waals surface area contributed by atoms with Crippen LogP contribution in [0.15, 0.2) is 36.5 Å². The van der Waals surface area contributed by atoms with Crippen LogP contribution in [0.2, 0.25) is 0 Å². The highest BCUT2D eigenvalue weighted by Crippen LogP contribution is 2.25. The largest absolute Gasteiger partial charge is 0.508 e. The van der Waals surface area contributed by atoms with Crippen LogP contribution in [0.1, 0.15) is 113 Å². The van der Waals surface area contributed by atoms with Crippen molar-refractivity contribution in [3.05, 3.63) is 42.1 Å². The molecule has 2 aliphatic heterocycles. The summed E-state index contributed by atoms with van der Waals surface area (Å²) in [6, 6.07) is -3.22. The minimum absolute atomic E-state index is 0.0218. The summed E-state index contributed by atoms with van der Waals surface area (Å²) >= 11 is 0. The van der Waals surface area contributed by atoms with Gasteiger partial charge in [0.15, 0.2) is 0 Å². The molecule has 2 unspecified atom stereocenters. The van der Waals surface area contributed by atoms with Gasteiger partial charge in [0.25, 0.3) is 0 Å². The van der Waals surface area contributed by atoms with Crippen LogP contribution in [0.3, 0.4) is 0 Å². The van der Waals surface area contributed by atoms with Crippen LogP contribution in [0.5, 0.6) is 5.75 Å². The van der Waals surface area contributed by atoms with Crippen molar-refractivity contribution < 1.29 is 53.0 Å². The molecule has 11 atom stereocenters. The number of hydrogen-bond donors (Lipinski definition) is 7. The molecule has 0 saturated carbocycles. The molecular formula is C47H72N8O11. The van der Waals surface area contributed by atoms with Gasteiger partial charge in [-0.2, -0.15) is 0 Å². The Morgan fingerprint density at radius 2 is 1.48 bits per heavy atom. The Hall–Kier alpha value is -6.01. The van der Waals surface area contributed by atoms with Crippen LogP contribution >= 0.6 is 0 Å². The van der Waals surface area contributed by atoms with Crippen LogP contribution in [-0.2, 0) is 54.3 Å². The number of likely N-dealkylation sites (N-methyl/N-ethyl adjacent to an activating group) is 1. The smallest absolute Gasteiger partial charge is 0.329 e. The first-order chi connectivity index (χ1) is 31.0. The second-order valence-electron chi connectivity index (χ2n) is 18.2. The Kier molecular flexibility index (Phi) is 20.6. The molecule has 0 aromatic heterocycles. The van der Waals surface area contributed by atoms with E-state index in [4.69, 9.17) is 10.5 Å². The van der Waals surface area contributed by atoms with Crippen molar-refractivity contribution >= 4 is 53.2 Å². The topological polar surface area (TPSA) is 276 Å². The van der Waals surface area contributed by atoms with Gasteiger partial charge in [-0.1, -0.05) is 86.4 Å². The average Bonchev–Trinajstić information content (AvgIpc) is 3.27. The van der Waals surface area contributed by atoms with Crippen molar-refractivity contribution in [2.45, 2.75) is 162 Å². The Balaban J connectivity index is 2.25. The molecule has 0 radical (unpaired) electrons. The number of carbonyl (C=O) groups excluding carboxylic acids is 9. The van der Waals surface area contributed by atoms with Gasteiger partial charge in [0, 0.05) is 32.0 Å². The zero-order valence-corrected chi connectivity index (χ0v) is 40.1. The van der Waals surface area contributed by atoms with Crippen molar-refractivity contribution in [2.75, 3.05) is 7.05 Å². The molecule has 19 nitrogen and oxygen atoms in total. The highest BCUT2D eigenvalue weighted by molar-refractivity contribution is 5.99. The number of fused-ring (bicyclic) bond motifs is 2. The number of benzene rings is 1. The molecule has 0 aliphatic carbocycles. The van der Waals surface area contributed by atoms with E-state index in [9.17, 15) is 48.3 Å². The molecule has 1 fully saturated rings. The summed E-state index contributed by atoms with van der Waals surface area (Å²) in [5, 5.41) is 23.4. The number of hydrogen-bond acceptors (Lipinski definition) is 11. The molecule has 1 aromatic rings. The number of phenols is 1. The lowest BCUT2D eigenvalue weighted by Gasteiger charge is -2.40. The van der Waals surface area contributed by atoms with Crippen molar-refractivity contribution in [3.63, 3.8) is 0 Å². The molecule has 66 heavy (non-hydrogen) atoms. The van der Waals surface area contributed by atoms with E-state index in [1.54, 1.807) is 52.8 Å². The van der Waals surface area contributed by atoms with Crippen LogP contribution in [0.4, 0.5) is 0 Å². The summed E-state index contributed by atoms with van der Waals surface area (Å²) in [5.74, 6) is -8.49. The van der Waals surface area contributed by atoms with Crippen molar-refractivity contribution in [2.24, 2.45) is 29.4 Å². The summed E-state index contributed by atoms with van der Waals surface area (Å²) in [4.78, 5) is 128. The van der Waals surface area contributed by atoms with Crippen molar-refractivity contribution in [1.29, 1.82) is 0 Å². The second-order valence-corrected chi connectivity index (χ2v) is 18.2. The Bertz CT molecular complexity index is 1940. The zero-order chi connectivity index (χ0) is 49.6. The van der Waals surface area contributed by atoms with Gasteiger partial charge >= 0.3 is 5.97 Å².